The van der Waals surface area contributed by atoms with Crippen molar-refractivity contribution in [1.29, 1.82) is 0 Å². The standard InChI is InChI=1S/C23H24N4O3/c28-23(29)22-18(12-24-25-22)13-27-11-10-20-19(14-27)21(26-30-20)17-8-6-16(7-9-17)15-4-2-1-3-5-15/h1-9,18,22,24-25H,10-14H2,(H,28,29). The number of hydrogen-bond acceptors (Lipinski definition) is 6. The van der Waals surface area contributed by atoms with E-state index in [0.29, 0.717) is 13.1 Å². The summed E-state index contributed by atoms with van der Waals surface area (Å²) in [6.07, 6.45) is 0.787. The molecule has 3 heterocycles. The van der Waals surface area contributed by atoms with E-state index in [4.69, 9.17) is 4.52 Å². The number of benzene rings is 2. The highest BCUT2D eigenvalue weighted by Crippen LogP contribution is 2.32. The van der Waals surface area contributed by atoms with Crippen molar-refractivity contribution in [1.82, 2.24) is 20.9 Å². The quantitative estimate of drug-likeness (QED) is 0.602. The van der Waals surface area contributed by atoms with Crippen LogP contribution in [-0.4, -0.2) is 46.8 Å². The maximum atomic E-state index is 11.4. The number of carbonyl (C=O) groups is 1. The molecule has 2 aliphatic heterocycles. The Bertz CT molecular complexity index is 1030. The number of aromatic nitrogens is 1. The Kier molecular flexibility index (Phi) is 5.08. The van der Waals surface area contributed by atoms with Gasteiger partial charge in [-0.1, -0.05) is 59.8 Å². The lowest BCUT2D eigenvalue weighted by Gasteiger charge is -2.29. The molecule has 0 saturated carbocycles. The van der Waals surface area contributed by atoms with E-state index in [1.54, 1.807) is 0 Å². The Morgan fingerprint density at radius 3 is 2.60 bits per heavy atom. The lowest BCUT2D eigenvalue weighted by Crippen LogP contribution is -2.43. The molecule has 1 fully saturated rings. The maximum absolute atomic E-state index is 11.4. The van der Waals surface area contributed by atoms with Crippen molar-refractivity contribution in [3.63, 3.8) is 0 Å². The minimum absolute atomic E-state index is 0.0255. The van der Waals surface area contributed by atoms with Gasteiger partial charge in [0.2, 0.25) is 0 Å². The Morgan fingerprint density at radius 1 is 1.10 bits per heavy atom. The van der Waals surface area contributed by atoms with E-state index < -0.39 is 12.0 Å². The van der Waals surface area contributed by atoms with Crippen LogP contribution < -0.4 is 10.9 Å². The molecule has 1 aromatic heterocycles. The third kappa shape index (κ3) is 3.63. The first-order valence-corrected chi connectivity index (χ1v) is 10.3. The number of rotatable bonds is 5. The van der Waals surface area contributed by atoms with Crippen LogP contribution in [0.1, 0.15) is 11.3 Å². The van der Waals surface area contributed by atoms with Crippen LogP contribution >= 0.6 is 0 Å². The van der Waals surface area contributed by atoms with Crippen LogP contribution in [0, 0.1) is 5.92 Å². The molecule has 5 rings (SSSR count). The van der Waals surface area contributed by atoms with Crippen LogP contribution in [0.25, 0.3) is 22.4 Å². The summed E-state index contributed by atoms with van der Waals surface area (Å²) in [6.45, 7) is 2.93. The van der Waals surface area contributed by atoms with E-state index in [-0.39, 0.29) is 5.92 Å². The van der Waals surface area contributed by atoms with Crippen molar-refractivity contribution in [2.75, 3.05) is 19.6 Å². The third-order valence-corrected chi connectivity index (χ3v) is 6.02. The van der Waals surface area contributed by atoms with Crippen LogP contribution in [0.2, 0.25) is 0 Å². The van der Waals surface area contributed by atoms with Crippen molar-refractivity contribution < 1.29 is 14.4 Å². The molecule has 0 radical (unpaired) electrons. The smallest absolute Gasteiger partial charge is 0.322 e. The lowest BCUT2D eigenvalue weighted by molar-refractivity contribution is -0.140. The zero-order chi connectivity index (χ0) is 20.5. The Morgan fingerprint density at radius 2 is 1.83 bits per heavy atom. The van der Waals surface area contributed by atoms with E-state index in [1.807, 2.05) is 18.2 Å². The molecule has 154 valence electrons. The first-order valence-electron chi connectivity index (χ1n) is 10.3. The molecule has 2 aliphatic rings. The second kappa shape index (κ2) is 8.02. The SMILES string of the molecule is O=C(O)C1NNCC1CN1CCc2onc(-c3ccc(-c4ccccc4)cc3)c2C1. The number of nitrogens with one attached hydrogen (secondary N) is 2. The minimum atomic E-state index is -0.813. The van der Waals surface area contributed by atoms with Gasteiger partial charge in [-0.05, 0) is 11.1 Å². The van der Waals surface area contributed by atoms with Crippen LogP contribution in [0.3, 0.4) is 0 Å². The summed E-state index contributed by atoms with van der Waals surface area (Å²) >= 11 is 0. The number of hydrogen-bond donors (Lipinski definition) is 3. The van der Waals surface area contributed by atoms with E-state index >= 15 is 0 Å². The summed E-state index contributed by atoms with van der Waals surface area (Å²) in [5, 5.41) is 13.7. The second-order valence-corrected chi connectivity index (χ2v) is 7.96. The predicted molar refractivity (Wildman–Crippen MR) is 112 cm³/mol. The van der Waals surface area contributed by atoms with Crippen LogP contribution in [0.15, 0.2) is 59.1 Å². The van der Waals surface area contributed by atoms with Crippen LogP contribution in [0.4, 0.5) is 0 Å². The van der Waals surface area contributed by atoms with Gasteiger partial charge in [0, 0.05) is 49.6 Å². The third-order valence-electron chi connectivity index (χ3n) is 6.02. The molecule has 7 heteroatoms. The normalized spacial score (nSPS) is 21.5. The Labute approximate surface area is 174 Å². The van der Waals surface area contributed by atoms with Gasteiger partial charge in [0.05, 0.1) is 0 Å². The predicted octanol–water partition coefficient (Wildman–Crippen LogP) is 2.54. The van der Waals surface area contributed by atoms with Gasteiger partial charge in [-0.2, -0.15) is 0 Å². The zero-order valence-electron chi connectivity index (χ0n) is 16.5. The Hall–Kier alpha value is -3.00. The fourth-order valence-electron chi connectivity index (χ4n) is 4.40. The number of nitrogens with zero attached hydrogens (tertiary/aromatic N) is 2. The number of aliphatic carboxylic acids is 1. The van der Waals surface area contributed by atoms with E-state index in [1.165, 1.54) is 11.1 Å². The average Bonchev–Trinajstić information content (AvgIpc) is 3.41. The number of fused-ring (bicyclic) bond motifs is 1. The molecule has 2 unspecified atom stereocenters. The first kappa shape index (κ1) is 19.0. The maximum Gasteiger partial charge on any atom is 0.322 e. The lowest BCUT2D eigenvalue weighted by atomic mass is 9.97. The fraction of sp³-hybridized carbons (Fsp3) is 0.304. The van der Waals surface area contributed by atoms with Gasteiger partial charge in [-0.15, -0.1) is 0 Å². The molecule has 1 saturated heterocycles. The topological polar surface area (TPSA) is 90.6 Å². The van der Waals surface area contributed by atoms with Gasteiger partial charge in [0.1, 0.15) is 17.5 Å². The molecule has 0 aliphatic carbocycles. The molecule has 2 atom stereocenters. The molecule has 3 N–H and O–H groups in total. The first-order chi connectivity index (χ1) is 14.7. The molecule has 0 amide bonds. The van der Waals surface area contributed by atoms with Gasteiger partial charge in [-0.3, -0.25) is 15.1 Å². The fourth-order valence-corrected chi connectivity index (χ4v) is 4.40. The Balaban J connectivity index is 1.34. The van der Waals surface area contributed by atoms with Crippen molar-refractivity contribution in [3.8, 4) is 22.4 Å². The van der Waals surface area contributed by atoms with Gasteiger partial charge in [0.25, 0.3) is 0 Å². The summed E-state index contributed by atoms with van der Waals surface area (Å²) < 4.78 is 5.64. The average molecular weight is 404 g/mol. The number of carboxylic acids is 1. The molecule has 2 aromatic carbocycles. The van der Waals surface area contributed by atoms with Crippen molar-refractivity contribution in [2.24, 2.45) is 5.92 Å². The van der Waals surface area contributed by atoms with Crippen molar-refractivity contribution in [2.45, 2.75) is 19.0 Å². The van der Waals surface area contributed by atoms with Gasteiger partial charge in [-0.25, -0.2) is 5.43 Å². The summed E-state index contributed by atoms with van der Waals surface area (Å²) in [5.41, 5.74) is 11.2. The summed E-state index contributed by atoms with van der Waals surface area (Å²) in [5.74, 6) is 0.148. The van der Waals surface area contributed by atoms with Crippen LogP contribution in [0.5, 0.6) is 0 Å². The highest BCUT2D eigenvalue weighted by atomic mass is 16.5. The highest BCUT2D eigenvalue weighted by Gasteiger charge is 2.35. The van der Waals surface area contributed by atoms with E-state index in [0.717, 1.165) is 42.1 Å². The highest BCUT2D eigenvalue weighted by molar-refractivity contribution is 5.74. The van der Waals surface area contributed by atoms with Gasteiger partial charge < -0.3 is 9.63 Å². The summed E-state index contributed by atoms with van der Waals surface area (Å²) in [7, 11) is 0. The molecule has 3 aromatic rings. The van der Waals surface area contributed by atoms with E-state index in [9.17, 15) is 9.90 Å². The molecule has 0 spiro atoms. The molecule has 0 bridgehead atoms. The molecular weight excluding hydrogens is 380 g/mol. The molecule has 7 nitrogen and oxygen atoms in total. The van der Waals surface area contributed by atoms with E-state index in [2.05, 4.69) is 57.3 Å². The van der Waals surface area contributed by atoms with Gasteiger partial charge >= 0.3 is 5.97 Å². The monoisotopic (exact) mass is 404 g/mol. The second-order valence-electron chi connectivity index (χ2n) is 7.96. The largest absolute Gasteiger partial charge is 0.480 e. The van der Waals surface area contributed by atoms with Crippen molar-refractivity contribution in [3.05, 3.63) is 65.9 Å². The van der Waals surface area contributed by atoms with Crippen molar-refractivity contribution >= 4 is 5.97 Å². The summed E-state index contributed by atoms with van der Waals surface area (Å²) in [4.78, 5) is 13.7. The van der Waals surface area contributed by atoms with Gasteiger partial charge in [0.15, 0.2) is 0 Å². The zero-order valence-corrected chi connectivity index (χ0v) is 16.5. The minimum Gasteiger partial charge on any atom is -0.480 e. The molecular formula is C23H24N4O3. The summed E-state index contributed by atoms with van der Waals surface area (Å²) in [6, 6.07) is 18.1. The number of carboxylic acid groups (broad SMARTS) is 1. The number of hydrazine groups is 1. The molecule has 30 heavy (non-hydrogen) atoms. The van der Waals surface area contributed by atoms with Crippen LogP contribution in [-0.2, 0) is 17.8 Å².